The van der Waals surface area contributed by atoms with E-state index in [1.165, 1.54) is 42.5 Å². The van der Waals surface area contributed by atoms with Crippen molar-refractivity contribution < 1.29 is 0 Å². The zero-order chi connectivity index (χ0) is 36.4. The van der Waals surface area contributed by atoms with E-state index >= 15 is 0 Å². The number of benzene rings is 2. The Morgan fingerprint density at radius 1 is 0.620 bits per heavy atom. The summed E-state index contributed by atoms with van der Waals surface area (Å²) in [5.74, 6) is 1.46. The second kappa shape index (κ2) is 25.6. The summed E-state index contributed by atoms with van der Waals surface area (Å²) in [6, 6.07) is 19.5. The van der Waals surface area contributed by atoms with Crippen LogP contribution in [0.2, 0.25) is 0 Å². The van der Waals surface area contributed by atoms with Gasteiger partial charge in [0.15, 0.2) is 0 Å². The number of rotatable bonds is 23. The van der Waals surface area contributed by atoms with Gasteiger partial charge in [-0.15, -0.1) is 0 Å². The standard InChI is InChI=1S/C48H66N2/c1-9-17-18-19-23-39-49(45(16-8)33-24-28-41(11-3)12-4)40-26-30-43(15-7)44-35-37-48(38-36-44)50(47-31-21-20-22-32-47)46(27-10-2)34-25-29-42(13-5)14-6/h10,15-27,30-38,41-42H,2,9,11-14,28-29,39-40H2,1,3-8H3/b18-17-,23-19-,30-26-,33-24-,34-25-,43-15+,45-16+,46-27+. The van der Waals surface area contributed by atoms with Crippen LogP contribution < -0.4 is 4.90 Å². The molecule has 0 radical (unpaired) electrons. The predicted molar refractivity (Wildman–Crippen MR) is 226 cm³/mol. The molecular formula is C48H66N2. The van der Waals surface area contributed by atoms with Crippen LogP contribution >= 0.6 is 0 Å². The summed E-state index contributed by atoms with van der Waals surface area (Å²) in [6.45, 7) is 21.3. The zero-order valence-electron chi connectivity index (χ0n) is 32.4. The molecule has 0 aromatic heterocycles. The molecule has 0 fully saturated rings. The van der Waals surface area contributed by atoms with Crippen molar-refractivity contribution in [2.45, 2.75) is 93.4 Å². The Kier molecular flexibility index (Phi) is 21.5. The summed E-state index contributed by atoms with van der Waals surface area (Å²) in [5.41, 5.74) is 7.01. The van der Waals surface area contributed by atoms with Gasteiger partial charge in [0.2, 0.25) is 0 Å². The molecule has 0 aliphatic rings. The molecule has 0 N–H and O–H groups in total. The summed E-state index contributed by atoms with van der Waals surface area (Å²) in [6.07, 6.45) is 39.1. The molecule has 2 aromatic carbocycles. The van der Waals surface area contributed by atoms with Gasteiger partial charge in [-0.3, -0.25) is 0 Å². The SMILES string of the molecule is C=C/C=C(\C=C/CC(CC)CC)N(c1ccccc1)c1ccc(C(/C=C\CN(C/C=C\C=C/CC)C(/C=C\CC(CC)CC)=C/C)=C/C)cc1. The van der Waals surface area contributed by atoms with Crippen LogP contribution in [0.25, 0.3) is 5.57 Å². The van der Waals surface area contributed by atoms with E-state index in [0.717, 1.165) is 55.3 Å². The van der Waals surface area contributed by atoms with E-state index in [1.807, 2.05) is 6.08 Å². The van der Waals surface area contributed by atoms with Gasteiger partial charge in [-0.2, -0.15) is 0 Å². The Morgan fingerprint density at radius 3 is 1.72 bits per heavy atom. The van der Waals surface area contributed by atoms with Crippen LogP contribution in [0.1, 0.15) is 99.0 Å². The zero-order valence-corrected chi connectivity index (χ0v) is 32.4. The van der Waals surface area contributed by atoms with Crippen LogP contribution in [0.3, 0.4) is 0 Å². The lowest BCUT2D eigenvalue weighted by molar-refractivity contribution is 0.433. The quantitative estimate of drug-likeness (QED) is 0.109. The van der Waals surface area contributed by atoms with E-state index in [1.54, 1.807) is 0 Å². The Bertz CT molecular complexity index is 1450. The molecule has 0 saturated heterocycles. The lowest BCUT2D eigenvalue weighted by Gasteiger charge is -2.26. The van der Waals surface area contributed by atoms with E-state index in [0.29, 0.717) is 5.92 Å². The minimum absolute atomic E-state index is 0.708. The molecule has 0 aliphatic carbocycles. The fraction of sp³-hybridized carbons (Fsp3) is 0.375. The normalized spacial score (nSPS) is 13.4. The first-order chi connectivity index (χ1) is 24.5. The van der Waals surface area contributed by atoms with Gasteiger partial charge in [-0.1, -0.05) is 164 Å². The minimum atomic E-state index is 0.708. The Labute approximate surface area is 307 Å². The monoisotopic (exact) mass is 671 g/mol. The third-order valence-corrected chi connectivity index (χ3v) is 9.39. The van der Waals surface area contributed by atoms with Crippen molar-refractivity contribution in [3.63, 3.8) is 0 Å². The Hall–Kier alpha value is -4.30. The maximum absolute atomic E-state index is 4.04. The highest BCUT2D eigenvalue weighted by atomic mass is 15.1. The predicted octanol–water partition coefficient (Wildman–Crippen LogP) is 14.3. The van der Waals surface area contributed by atoms with E-state index in [2.05, 4.69) is 198 Å². The average molecular weight is 671 g/mol. The molecule has 2 nitrogen and oxygen atoms in total. The summed E-state index contributed by atoms with van der Waals surface area (Å²) < 4.78 is 0. The molecule has 0 heterocycles. The number of allylic oxidation sites excluding steroid dienone is 13. The molecule has 2 heteroatoms. The van der Waals surface area contributed by atoms with Crippen LogP contribution in [-0.2, 0) is 0 Å². The van der Waals surface area contributed by atoms with Gasteiger partial charge < -0.3 is 9.80 Å². The third kappa shape index (κ3) is 14.7. The van der Waals surface area contributed by atoms with E-state index in [9.17, 15) is 0 Å². The smallest absolute Gasteiger partial charge is 0.0462 e. The number of hydrogen-bond donors (Lipinski definition) is 0. The second-order valence-electron chi connectivity index (χ2n) is 12.7. The van der Waals surface area contributed by atoms with Crippen LogP contribution in [0.15, 0.2) is 158 Å². The van der Waals surface area contributed by atoms with Crippen molar-refractivity contribution in [3.8, 4) is 0 Å². The molecule has 0 saturated carbocycles. The average Bonchev–Trinajstić information content (AvgIpc) is 3.15. The second-order valence-corrected chi connectivity index (χ2v) is 12.7. The van der Waals surface area contributed by atoms with E-state index in [-0.39, 0.29) is 0 Å². The van der Waals surface area contributed by atoms with Crippen LogP contribution in [0, 0.1) is 11.8 Å². The summed E-state index contributed by atoms with van der Waals surface area (Å²) in [7, 11) is 0. The van der Waals surface area contributed by atoms with Crippen LogP contribution in [0.5, 0.6) is 0 Å². The molecular weight excluding hydrogens is 605 g/mol. The van der Waals surface area contributed by atoms with Crippen LogP contribution in [-0.4, -0.2) is 18.0 Å². The molecule has 268 valence electrons. The first kappa shape index (κ1) is 41.9. The molecule has 0 amide bonds. The fourth-order valence-corrected chi connectivity index (χ4v) is 5.98. The molecule has 0 spiro atoms. The van der Waals surface area contributed by atoms with Crippen LogP contribution in [0.4, 0.5) is 11.4 Å². The van der Waals surface area contributed by atoms with Gasteiger partial charge in [0, 0.05) is 35.9 Å². The minimum Gasteiger partial charge on any atom is -0.364 e. The van der Waals surface area contributed by atoms with Crippen molar-refractivity contribution in [3.05, 3.63) is 163 Å². The fourth-order valence-electron chi connectivity index (χ4n) is 5.98. The van der Waals surface area contributed by atoms with Crippen molar-refractivity contribution in [1.82, 2.24) is 4.90 Å². The summed E-state index contributed by atoms with van der Waals surface area (Å²) in [4.78, 5) is 4.75. The maximum atomic E-state index is 4.04. The first-order valence-corrected chi connectivity index (χ1v) is 19.2. The molecule has 0 aliphatic heterocycles. The highest BCUT2D eigenvalue weighted by Gasteiger charge is 2.13. The van der Waals surface area contributed by atoms with E-state index < -0.39 is 0 Å². The van der Waals surface area contributed by atoms with Gasteiger partial charge in [0.05, 0.1) is 0 Å². The highest BCUT2D eigenvalue weighted by molar-refractivity contribution is 5.77. The number of anilines is 2. The maximum Gasteiger partial charge on any atom is 0.0462 e. The summed E-state index contributed by atoms with van der Waals surface area (Å²) >= 11 is 0. The molecule has 50 heavy (non-hydrogen) atoms. The van der Waals surface area contributed by atoms with Gasteiger partial charge >= 0.3 is 0 Å². The molecule has 2 aromatic rings. The van der Waals surface area contributed by atoms with Gasteiger partial charge in [0.25, 0.3) is 0 Å². The van der Waals surface area contributed by atoms with Gasteiger partial charge in [-0.25, -0.2) is 0 Å². The first-order valence-electron chi connectivity index (χ1n) is 19.2. The molecule has 0 atom stereocenters. The lowest BCUT2D eigenvalue weighted by Crippen LogP contribution is -2.22. The van der Waals surface area contributed by atoms with Crippen molar-refractivity contribution in [2.75, 3.05) is 18.0 Å². The Balaban J connectivity index is 2.34. The van der Waals surface area contributed by atoms with Crippen molar-refractivity contribution >= 4 is 16.9 Å². The lowest BCUT2D eigenvalue weighted by atomic mass is 9.99. The molecule has 0 bridgehead atoms. The largest absolute Gasteiger partial charge is 0.364 e. The topological polar surface area (TPSA) is 6.48 Å². The van der Waals surface area contributed by atoms with E-state index in [4.69, 9.17) is 0 Å². The number of nitrogens with zero attached hydrogens (tertiary/aromatic N) is 2. The third-order valence-electron chi connectivity index (χ3n) is 9.39. The van der Waals surface area contributed by atoms with Crippen molar-refractivity contribution in [2.24, 2.45) is 11.8 Å². The Morgan fingerprint density at radius 2 is 1.18 bits per heavy atom. The highest BCUT2D eigenvalue weighted by Crippen LogP contribution is 2.32. The van der Waals surface area contributed by atoms with Gasteiger partial charge in [-0.05, 0) is 98.6 Å². The number of hydrogen-bond acceptors (Lipinski definition) is 2. The van der Waals surface area contributed by atoms with Gasteiger partial charge in [0.1, 0.15) is 0 Å². The molecule has 0 unspecified atom stereocenters. The number of para-hydroxylation sites is 1. The molecule has 2 rings (SSSR count). The summed E-state index contributed by atoms with van der Waals surface area (Å²) in [5, 5.41) is 0. The van der Waals surface area contributed by atoms with Crippen molar-refractivity contribution in [1.29, 1.82) is 0 Å².